The third-order valence-electron chi connectivity index (χ3n) is 1.82. The van der Waals surface area contributed by atoms with E-state index in [1.807, 2.05) is 24.3 Å². The molecule has 1 N–H and O–H groups in total. The molecular formula is C10H11ClO2. The van der Waals surface area contributed by atoms with Crippen LogP contribution in [0.25, 0.3) is 0 Å². The largest absolute Gasteiger partial charge is 0.481 e. The Bertz CT molecular complexity index is 297. The molecule has 0 heterocycles. The van der Waals surface area contributed by atoms with Crippen LogP contribution < -0.4 is 0 Å². The van der Waals surface area contributed by atoms with Gasteiger partial charge in [0.15, 0.2) is 0 Å². The average molecular weight is 199 g/mol. The monoisotopic (exact) mass is 198 g/mol. The molecule has 1 aromatic rings. The SMILES string of the molecule is O=C(O)Cc1ccccc1CCCl. The Kier molecular flexibility index (Phi) is 3.77. The average Bonchev–Trinajstić information content (AvgIpc) is 2.08. The first-order valence-corrected chi connectivity index (χ1v) is 4.62. The zero-order chi connectivity index (χ0) is 9.68. The molecule has 0 aromatic heterocycles. The van der Waals surface area contributed by atoms with Crippen molar-refractivity contribution in [3.05, 3.63) is 35.4 Å². The van der Waals surface area contributed by atoms with Crippen molar-refractivity contribution in [1.29, 1.82) is 0 Å². The molecule has 0 bridgehead atoms. The first-order chi connectivity index (χ1) is 6.24. The van der Waals surface area contributed by atoms with Crippen LogP contribution in [0.1, 0.15) is 11.1 Å². The van der Waals surface area contributed by atoms with Gasteiger partial charge in [-0.1, -0.05) is 24.3 Å². The van der Waals surface area contributed by atoms with Crippen molar-refractivity contribution in [1.82, 2.24) is 0 Å². The van der Waals surface area contributed by atoms with E-state index in [1.54, 1.807) is 0 Å². The predicted molar refractivity (Wildman–Crippen MR) is 52.2 cm³/mol. The second kappa shape index (κ2) is 4.87. The van der Waals surface area contributed by atoms with E-state index in [0.717, 1.165) is 17.5 Å². The van der Waals surface area contributed by atoms with Gasteiger partial charge in [-0.25, -0.2) is 0 Å². The number of benzene rings is 1. The van der Waals surface area contributed by atoms with Crippen molar-refractivity contribution in [3.63, 3.8) is 0 Å². The summed E-state index contributed by atoms with van der Waals surface area (Å²) in [6.07, 6.45) is 0.804. The van der Waals surface area contributed by atoms with Crippen LogP contribution in [0.5, 0.6) is 0 Å². The van der Waals surface area contributed by atoms with Crippen molar-refractivity contribution >= 4 is 17.6 Å². The number of halogens is 1. The molecule has 0 aliphatic carbocycles. The number of rotatable bonds is 4. The van der Waals surface area contributed by atoms with Gasteiger partial charge in [-0.05, 0) is 17.5 Å². The van der Waals surface area contributed by atoms with Crippen LogP contribution in [0.2, 0.25) is 0 Å². The first kappa shape index (κ1) is 10.1. The van der Waals surface area contributed by atoms with Gasteiger partial charge in [-0.3, -0.25) is 4.79 Å². The predicted octanol–water partition coefficient (Wildman–Crippen LogP) is 2.10. The third-order valence-corrected chi connectivity index (χ3v) is 2.01. The summed E-state index contributed by atoms with van der Waals surface area (Å²) in [7, 11) is 0. The van der Waals surface area contributed by atoms with Gasteiger partial charge in [0.05, 0.1) is 6.42 Å². The van der Waals surface area contributed by atoms with Gasteiger partial charge in [0.25, 0.3) is 0 Å². The maximum absolute atomic E-state index is 10.5. The van der Waals surface area contributed by atoms with E-state index in [0.29, 0.717) is 5.88 Å². The highest BCUT2D eigenvalue weighted by Crippen LogP contribution is 2.10. The fourth-order valence-electron chi connectivity index (χ4n) is 1.24. The van der Waals surface area contributed by atoms with Gasteiger partial charge >= 0.3 is 5.97 Å². The Labute approximate surface area is 82.2 Å². The Morgan fingerprint density at radius 3 is 2.46 bits per heavy atom. The van der Waals surface area contributed by atoms with Crippen molar-refractivity contribution < 1.29 is 9.90 Å². The lowest BCUT2D eigenvalue weighted by molar-refractivity contribution is -0.136. The quantitative estimate of drug-likeness (QED) is 0.753. The molecule has 0 spiro atoms. The molecule has 0 fully saturated rings. The van der Waals surface area contributed by atoms with Crippen molar-refractivity contribution in [2.24, 2.45) is 0 Å². The van der Waals surface area contributed by atoms with Crippen LogP contribution in [0.15, 0.2) is 24.3 Å². The van der Waals surface area contributed by atoms with Gasteiger partial charge in [0, 0.05) is 5.88 Å². The van der Waals surface area contributed by atoms with Crippen LogP contribution >= 0.6 is 11.6 Å². The van der Waals surface area contributed by atoms with Crippen LogP contribution in [0.3, 0.4) is 0 Å². The van der Waals surface area contributed by atoms with Crippen molar-refractivity contribution in [2.75, 3.05) is 5.88 Å². The van der Waals surface area contributed by atoms with Crippen LogP contribution in [0.4, 0.5) is 0 Å². The van der Waals surface area contributed by atoms with Crippen molar-refractivity contribution in [3.8, 4) is 0 Å². The summed E-state index contributed by atoms with van der Waals surface area (Å²) in [5.74, 6) is -0.279. The second-order valence-electron chi connectivity index (χ2n) is 2.78. The molecule has 3 heteroatoms. The van der Waals surface area contributed by atoms with Crippen LogP contribution in [-0.4, -0.2) is 17.0 Å². The molecule has 0 saturated carbocycles. The normalized spacial score (nSPS) is 9.92. The number of aliphatic carboxylic acids is 1. The summed E-state index contributed by atoms with van der Waals surface area (Å²) in [6.45, 7) is 0. The Morgan fingerprint density at radius 2 is 1.92 bits per heavy atom. The lowest BCUT2D eigenvalue weighted by atomic mass is 10.0. The molecule has 70 valence electrons. The molecule has 0 aliphatic heterocycles. The number of carboxylic acid groups (broad SMARTS) is 1. The van der Waals surface area contributed by atoms with Crippen LogP contribution in [-0.2, 0) is 17.6 Å². The number of alkyl halides is 1. The molecule has 2 nitrogen and oxygen atoms in total. The molecule has 1 rings (SSSR count). The van der Waals surface area contributed by atoms with Crippen LogP contribution in [0, 0.1) is 0 Å². The Balaban J connectivity index is 2.84. The third kappa shape index (κ3) is 3.07. The summed E-state index contributed by atoms with van der Waals surface area (Å²) in [4.78, 5) is 10.5. The summed E-state index contributed by atoms with van der Waals surface area (Å²) >= 11 is 5.60. The molecule has 13 heavy (non-hydrogen) atoms. The molecule has 0 unspecified atom stereocenters. The highest BCUT2D eigenvalue weighted by molar-refractivity contribution is 6.18. The highest BCUT2D eigenvalue weighted by atomic mass is 35.5. The number of aryl methyl sites for hydroxylation is 1. The fraction of sp³-hybridized carbons (Fsp3) is 0.300. The molecule has 0 saturated heterocycles. The van der Waals surface area contributed by atoms with Gasteiger partial charge in [0.2, 0.25) is 0 Å². The van der Waals surface area contributed by atoms with Crippen molar-refractivity contribution in [2.45, 2.75) is 12.8 Å². The molecule has 1 aromatic carbocycles. The number of carbonyl (C=O) groups is 1. The van der Waals surface area contributed by atoms with E-state index in [9.17, 15) is 4.79 Å². The Hall–Kier alpha value is -1.02. The topological polar surface area (TPSA) is 37.3 Å². The van der Waals surface area contributed by atoms with Gasteiger partial charge in [0.1, 0.15) is 0 Å². The minimum Gasteiger partial charge on any atom is -0.481 e. The standard InChI is InChI=1S/C10H11ClO2/c11-6-5-8-3-1-2-4-9(8)7-10(12)13/h1-4H,5-7H2,(H,12,13). The van der Waals surface area contributed by atoms with E-state index < -0.39 is 5.97 Å². The maximum Gasteiger partial charge on any atom is 0.307 e. The number of carboxylic acids is 1. The smallest absolute Gasteiger partial charge is 0.307 e. The van der Waals surface area contributed by atoms with E-state index in [1.165, 1.54) is 0 Å². The molecule has 0 aliphatic rings. The van der Waals surface area contributed by atoms with Gasteiger partial charge in [-0.2, -0.15) is 0 Å². The number of hydrogen-bond donors (Lipinski definition) is 1. The first-order valence-electron chi connectivity index (χ1n) is 4.08. The Morgan fingerprint density at radius 1 is 1.31 bits per heavy atom. The van der Waals surface area contributed by atoms with E-state index in [4.69, 9.17) is 16.7 Å². The highest BCUT2D eigenvalue weighted by Gasteiger charge is 2.04. The summed E-state index contributed by atoms with van der Waals surface area (Å²) in [5.41, 5.74) is 1.88. The summed E-state index contributed by atoms with van der Waals surface area (Å²) in [5, 5.41) is 8.63. The maximum atomic E-state index is 10.5. The minimum atomic E-state index is -0.804. The van der Waals surface area contributed by atoms with E-state index >= 15 is 0 Å². The molecule has 0 atom stereocenters. The lowest BCUT2D eigenvalue weighted by Gasteiger charge is -2.04. The second-order valence-corrected chi connectivity index (χ2v) is 3.16. The summed E-state index contributed by atoms with van der Waals surface area (Å²) < 4.78 is 0. The van der Waals surface area contributed by atoms with E-state index in [2.05, 4.69) is 0 Å². The zero-order valence-corrected chi connectivity index (χ0v) is 7.92. The zero-order valence-electron chi connectivity index (χ0n) is 7.16. The molecule has 0 amide bonds. The van der Waals surface area contributed by atoms with Gasteiger partial charge < -0.3 is 5.11 Å². The summed E-state index contributed by atoms with van der Waals surface area (Å²) in [6, 6.07) is 7.49. The minimum absolute atomic E-state index is 0.0765. The number of hydrogen-bond acceptors (Lipinski definition) is 1. The fourth-order valence-corrected chi connectivity index (χ4v) is 1.44. The lowest BCUT2D eigenvalue weighted by Crippen LogP contribution is -2.03. The van der Waals surface area contributed by atoms with Gasteiger partial charge in [-0.15, -0.1) is 11.6 Å². The molecule has 0 radical (unpaired) electrons. The molecular weight excluding hydrogens is 188 g/mol. The van der Waals surface area contributed by atoms with E-state index in [-0.39, 0.29) is 6.42 Å².